The second-order valence-electron chi connectivity index (χ2n) is 2.88. The number of rotatable bonds is 0. The minimum absolute atomic E-state index is 0.630. The lowest BCUT2D eigenvalue weighted by molar-refractivity contribution is 0.568. The molecule has 12 heavy (non-hydrogen) atoms. The summed E-state index contributed by atoms with van der Waals surface area (Å²) < 4.78 is 5.34. The van der Waals surface area contributed by atoms with E-state index in [-0.39, 0.29) is 0 Å². The van der Waals surface area contributed by atoms with Crippen LogP contribution in [0.15, 0.2) is 16.5 Å². The molecule has 0 aliphatic heterocycles. The van der Waals surface area contributed by atoms with Crippen molar-refractivity contribution in [1.82, 2.24) is 4.98 Å². The molecule has 0 aliphatic carbocycles. The van der Waals surface area contributed by atoms with E-state index in [2.05, 4.69) is 4.98 Å². The molecule has 2 heterocycles. The number of aryl methyl sites for hydroxylation is 2. The third-order valence-corrected chi connectivity index (χ3v) is 1.92. The zero-order valence-electron chi connectivity index (χ0n) is 7.09. The van der Waals surface area contributed by atoms with Crippen LogP contribution in [-0.4, -0.2) is 4.98 Å². The van der Waals surface area contributed by atoms with Gasteiger partial charge in [-0.3, -0.25) is 0 Å². The number of aromatic nitrogens is 1. The largest absolute Gasteiger partial charge is 0.441 e. The molecular weight excluding hydrogens is 152 g/mol. The van der Waals surface area contributed by atoms with Gasteiger partial charge in [-0.05, 0) is 26.0 Å². The summed E-state index contributed by atoms with van der Waals surface area (Å²) in [7, 11) is 0. The summed E-state index contributed by atoms with van der Waals surface area (Å²) in [5.74, 6) is 0.739. The van der Waals surface area contributed by atoms with Crippen LogP contribution in [0.5, 0.6) is 0 Å². The van der Waals surface area contributed by atoms with Crippen molar-refractivity contribution in [3.8, 4) is 0 Å². The lowest BCUT2D eigenvalue weighted by atomic mass is 10.2. The second kappa shape index (κ2) is 2.24. The lowest BCUT2D eigenvalue weighted by Gasteiger charge is -1.90. The average Bonchev–Trinajstić information content (AvgIpc) is 2.28. The number of furan rings is 1. The van der Waals surface area contributed by atoms with Crippen LogP contribution in [0.3, 0.4) is 0 Å². The Morgan fingerprint density at radius 3 is 2.83 bits per heavy atom. The summed E-state index contributed by atoms with van der Waals surface area (Å²) in [6.07, 6.45) is 0. The number of nitrogen functional groups attached to an aromatic ring is 1. The predicted octanol–water partition coefficient (Wildman–Crippen LogP) is 2.03. The summed E-state index contributed by atoms with van der Waals surface area (Å²) in [6, 6.07) is 3.86. The molecule has 3 nitrogen and oxygen atoms in total. The Balaban J connectivity index is 2.87. The topological polar surface area (TPSA) is 52.0 Å². The van der Waals surface area contributed by atoms with E-state index in [1.807, 2.05) is 26.0 Å². The van der Waals surface area contributed by atoms with Crippen molar-refractivity contribution < 1.29 is 4.42 Å². The molecule has 62 valence electrons. The van der Waals surface area contributed by atoms with E-state index in [0.717, 1.165) is 16.8 Å². The Kier molecular flexibility index (Phi) is 1.33. The number of hydrogen-bond donors (Lipinski definition) is 1. The maximum Gasteiger partial charge on any atom is 0.228 e. The van der Waals surface area contributed by atoms with E-state index < -0.39 is 0 Å². The van der Waals surface area contributed by atoms with Crippen LogP contribution in [0.2, 0.25) is 0 Å². The molecule has 0 amide bonds. The van der Waals surface area contributed by atoms with Crippen LogP contribution in [-0.2, 0) is 0 Å². The number of hydrogen-bond acceptors (Lipinski definition) is 3. The normalized spacial score (nSPS) is 10.8. The Morgan fingerprint density at radius 2 is 2.08 bits per heavy atom. The molecule has 0 bridgehead atoms. The molecule has 3 heteroatoms. The van der Waals surface area contributed by atoms with Crippen LogP contribution in [0.25, 0.3) is 11.1 Å². The number of nitrogens with two attached hydrogens (primary N) is 1. The molecule has 0 aromatic carbocycles. The zero-order valence-corrected chi connectivity index (χ0v) is 7.09. The van der Waals surface area contributed by atoms with Gasteiger partial charge in [0.25, 0.3) is 0 Å². The van der Waals surface area contributed by atoms with Crippen LogP contribution in [0.4, 0.5) is 5.69 Å². The molecule has 0 spiro atoms. The molecule has 2 aromatic rings. The fourth-order valence-electron chi connectivity index (χ4n) is 1.21. The lowest BCUT2D eigenvalue weighted by Crippen LogP contribution is -1.84. The first kappa shape index (κ1) is 7.16. The van der Waals surface area contributed by atoms with Crippen molar-refractivity contribution in [3.63, 3.8) is 0 Å². The van der Waals surface area contributed by atoms with E-state index >= 15 is 0 Å². The summed E-state index contributed by atoms with van der Waals surface area (Å²) in [6.45, 7) is 3.76. The fraction of sp³-hybridized carbons (Fsp3) is 0.222. The number of pyridine rings is 1. The van der Waals surface area contributed by atoms with Crippen molar-refractivity contribution in [2.75, 3.05) is 5.73 Å². The first-order valence-electron chi connectivity index (χ1n) is 3.80. The van der Waals surface area contributed by atoms with Crippen molar-refractivity contribution in [1.29, 1.82) is 0 Å². The monoisotopic (exact) mass is 162 g/mol. The molecule has 0 aliphatic rings. The Morgan fingerprint density at radius 1 is 1.33 bits per heavy atom. The van der Waals surface area contributed by atoms with Gasteiger partial charge in [0, 0.05) is 5.69 Å². The Hall–Kier alpha value is -1.51. The zero-order chi connectivity index (χ0) is 8.72. The van der Waals surface area contributed by atoms with E-state index in [0.29, 0.717) is 11.4 Å². The Bertz CT molecular complexity index is 431. The van der Waals surface area contributed by atoms with Crippen LogP contribution < -0.4 is 5.73 Å². The molecule has 2 aromatic heterocycles. The van der Waals surface area contributed by atoms with E-state index in [1.165, 1.54) is 0 Å². The third-order valence-electron chi connectivity index (χ3n) is 1.92. The number of nitrogens with zero attached hydrogens (tertiary/aromatic N) is 1. The molecule has 0 fully saturated rings. The molecule has 0 radical (unpaired) electrons. The minimum atomic E-state index is 0.630. The highest BCUT2D eigenvalue weighted by Gasteiger charge is 2.07. The standard InChI is InChI=1S/C9H10N2O/c1-5-3-4-7-8(10)6(2)12-9(7)11-5/h3-4H,10H2,1-2H3. The van der Waals surface area contributed by atoms with E-state index in [4.69, 9.17) is 10.2 Å². The SMILES string of the molecule is Cc1ccc2c(N)c(C)oc2n1. The second-order valence-corrected chi connectivity index (χ2v) is 2.88. The van der Waals surface area contributed by atoms with Gasteiger partial charge in [-0.1, -0.05) is 0 Å². The van der Waals surface area contributed by atoms with Crippen molar-refractivity contribution in [2.24, 2.45) is 0 Å². The van der Waals surface area contributed by atoms with Gasteiger partial charge in [-0.15, -0.1) is 0 Å². The highest BCUT2D eigenvalue weighted by molar-refractivity contribution is 5.88. The van der Waals surface area contributed by atoms with Gasteiger partial charge in [0.1, 0.15) is 5.76 Å². The van der Waals surface area contributed by atoms with Gasteiger partial charge >= 0.3 is 0 Å². The average molecular weight is 162 g/mol. The summed E-state index contributed by atoms with van der Waals surface area (Å²) >= 11 is 0. The highest BCUT2D eigenvalue weighted by Crippen LogP contribution is 2.25. The smallest absolute Gasteiger partial charge is 0.228 e. The minimum Gasteiger partial charge on any atom is -0.441 e. The van der Waals surface area contributed by atoms with Gasteiger partial charge in [-0.25, -0.2) is 4.98 Å². The van der Waals surface area contributed by atoms with E-state index in [1.54, 1.807) is 0 Å². The van der Waals surface area contributed by atoms with Crippen LogP contribution >= 0.6 is 0 Å². The third kappa shape index (κ3) is 0.863. The first-order valence-corrected chi connectivity index (χ1v) is 3.80. The molecule has 2 N–H and O–H groups in total. The van der Waals surface area contributed by atoms with Gasteiger partial charge in [0.2, 0.25) is 5.71 Å². The molecule has 2 rings (SSSR count). The molecule has 0 saturated carbocycles. The van der Waals surface area contributed by atoms with Crippen LogP contribution in [0, 0.1) is 13.8 Å². The quantitative estimate of drug-likeness (QED) is 0.644. The Labute approximate surface area is 70.2 Å². The molecular formula is C9H10N2O. The molecule has 0 unspecified atom stereocenters. The summed E-state index contributed by atoms with van der Waals surface area (Å²) in [5.41, 5.74) is 8.02. The van der Waals surface area contributed by atoms with Gasteiger partial charge in [-0.2, -0.15) is 0 Å². The maximum absolute atomic E-state index is 5.75. The fourth-order valence-corrected chi connectivity index (χ4v) is 1.21. The predicted molar refractivity (Wildman–Crippen MR) is 47.9 cm³/mol. The van der Waals surface area contributed by atoms with Gasteiger partial charge < -0.3 is 10.2 Å². The molecule has 0 atom stereocenters. The summed E-state index contributed by atoms with van der Waals surface area (Å²) in [5, 5.41) is 0.901. The summed E-state index contributed by atoms with van der Waals surface area (Å²) in [4.78, 5) is 4.21. The highest BCUT2D eigenvalue weighted by atomic mass is 16.3. The van der Waals surface area contributed by atoms with Crippen molar-refractivity contribution in [2.45, 2.75) is 13.8 Å². The van der Waals surface area contributed by atoms with Gasteiger partial charge in [0.15, 0.2) is 0 Å². The first-order chi connectivity index (χ1) is 5.68. The van der Waals surface area contributed by atoms with Crippen molar-refractivity contribution in [3.05, 3.63) is 23.6 Å². The van der Waals surface area contributed by atoms with Crippen molar-refractivity contribution >= 4 is 16.8 Å². The van der Waals surface area contributed by atoms with E-state index in [9.17, 15) is 0 Å². The van der Waals surface area contributed by atoms with Gasteiger partial charge in [0.05, 0.1) is 11.1 Å². The van der Waals surface area contributed by atoms with Crippen LogP contribution in [0.1, 0.15) is 11.5 Å². The molecule has 0 saturated heterocycles. The maximum atomic E-state index is 5.75. The number of fused-ring (bicyclic) bond motifs is 1. The number of anilines is 1.